The minimum Gasteiger partial charge on any atom is -0.472 e. The molecule has 1 aromatic rings. The van der Waals surface area contributed by atoms with Crippen molar-refractivity contribution in [1.29, 1.82) is 0 Å². The first-order chi connectivity index (χ1) is 9.93. The smallest absolute Gasteiger partial charge is 0.272 e. The van der Waals surface area contributed by atoms with Crippen molar-refractivity contribution in [3.63, 3.8) is 0 Å². The Kier molecular flexibility index (Phi) is 7.01. The molecule has 7 heteroatoms. The molecule has 1 amide bonds. The molecule has 5 nitrogen and oxygen atoms in total. The Labute approximate surface area is 122 Å². The minimum atomic E-state index is -2.60. The fraction of sp³-hybridized carbons (Fsp3) is 0.571. The van der Waals surface area contributed by atoms with Crippen LogP contribution in [0.15, 0.2) is 18.3 Å². The largest absolute Gasteiger partial charge is 0.472 e. The fourth-order valence-electron chi connectivity index (χ4n) is 1.55. The summed E-state index contributed by atoms with van der Waals surface area (Å²) in [5.41, 5.74) is 0.241. The van der Waals surface area contributed by atoms with Crippen molar-refractivity contribution in [3.05, 3.63) is 23.9 Å². The zero-order valence-corrected chi connectivity index (χ0v) is 12.1. The van der Waals surface area contributed by atoms with Gasteiger partial charge in [-0.15, -0.1) is 0 Å². The maximum atomic E-state index is 12.0. The van der Waals surface area contributed by atoms with Gasteiger partial charge in [0, 0.05) is 24.4 Å². The zero-order chi connectivity index (χ0) is 15.8. The first-order valence-electron chi connectivity index (χ1n) is 6.77. The lowest BCUT2D eigenvalue weighted by Crippen LogP contribution is -2.35. The van der Waals surface area contributed by atoms with E-state index in [0.717, 1.165) is 6.42 Å². The van der Waals surface area contributed by atoms with E-state index in [9.17, 15) is 18.7 Å². The van der Waals surface area contributed by atoms with Gasteiger partial charge >= 0.3 is 0 Å². The van der Waals surface area contributed by atoms with Crippen molar-refractivity contribution in [2.45, 2.75) is 32.8 Å². The lowest BCUT2D eigenvalue weighted by atomic mass is 10.0. The molecule has 0 aliphatic heterocycles. The van der Waals surface area contributed by atoms with Crippen LogP contribution in [0.2, 0.25) is 0 Å². The van der Waals surface area contributed by atoms with E-state index >= 15 is 0 Å². The molecule has 1 heterocycles. The molecule has 0 fully saturated rings. The average Bonchev–Trinajstić information content (AvgIpc) is 2.49. The Bertz CT molecular complexity index is 458. The molecule has 1 rings (SSSR count). The number of nitrogens with one attached hydrogen (secondary N) is 1. The molecule has 2 unspecified atom stereocenters. The van der Waals surface area contributed by atoms with Gasteiger partial charge in [0.1, 0.15) is 0 Å². The zero-order valence-electron chi connectivity index (χ0n) is 12.1. The van der Waals surface area contributed by atoms with Crippen molar-refractivity contribution in [2.24, 2.45) is 5.92 Å². The van der Waals surface area contributed by atoms with Gasteiger partial charge in [-0.1, -0.05) is 20.3 Å². The summed E-state index contributed by atoms with van der Waals surface area (Å²) in [6.45, 7) is 3.19. The number of hydrogen-bond acceptors (Lipinski definition) is 4. The monoisotopic (exact) mass is 302 g/mol. The quantitative estimate of drug-likeness (QED) is 0.769. The normalized spacial score (nSPS) is 13.8. The van der Waals surface area contributed by atoms with Gasteiger partial charge in [0.05, 0.1) is 6.10 Å². The topological polar surface area (TPSA) is 71.5 Å². The van der Waals surface area contributed by atoms with E-state index in [1.54, 1.807) is 0 Å². The molecule has 2 N–H and O–H groups in total. The number of carbonyl (C=O) groups is 1. The van der Waals surface area contributed by atoms with Crippen molar-refractivity contribution in [1.82, 2.24) is 10.3 Å². The molecule has 118 valence electrons. The van der Waals surface area contributed by atoms with Crippen molar-refractivity contribution >= 4 is 5.91 Å². The van der Waals surface area contributed by atoms with Crippen LogP contribution in [0.5, 0.6) is 5.88 Å². The molecule has 0 aromatic carbocycles. The third-order valence-corrected chi connectivity index (χ3v) is 3.13. The third-order valence-electron chi connectivity index (χ3n) is 3.13. The van der Waals surface area contributed by atoms with Gasteiger partial charge in [-0.2, -0.15) is 0 Å². The summed E-state index contributed by atoms with van der Waals surface area (Å²) in [5.74, 6) is -0.375. The predicted octanol–water partition coefficient (Wildman–Crippen LogP) is 1.86. The van der Waals surface area contributed by atoms with Crippen molar-refractivity contribution < 1.29 is 23.4 Å². The van der Waals surface area contributed by atoms with Gasteiger partial charge in [-0.25, -0.2) is 13.8 Å². The highest BCUT2D eigenvalue weighted by molar-refractivity contribution is 5.94. The maximum absolute atomic E-state index is 12.0. The summed E-state index contributed by atoms with van der Waals surface area (Å²) in [4.78, 5) is 15.6. The number of ether oxygens (including phenoxy) is 1. The minimum absolute atomic E-state index is 0.0366. The molecule has 21 heavy (non-hydrogen) atoms. The molecule has 0 radical (unpaired) electrons. The van der Waals surface area contributed by atoms with E-state index in [4.69, 9.17) is 4.74 Å². The van der Waals surface area contributed by atoms with Gasteiger partial charge in [0.15, 0.2) is 6.61 Å². The molecule has 1 aromatic heterocycles. The number of nitrogens with zero attached hydrogens (tertiary/aromatic N) is 1. The van der Waals surface area contributed by atoms with Crippen LogP contribution in [-0.2, 0) is 0 Å². The molecule has 2 atom stereocenters. The lowest BCUT2D eigenvalue weighted by molar-refractivity contribution is 0.0792. The molecular formula is C14H20F2N2O3. The van der Waals surface area contributed by atoms with E-state index in [2.05, 4.69) is 10.3 Å². The maximum Gasteiger partial charge on any atom is 0.272 e. The first kappa shape index (κ1) is 17.3. The number of aliphatic hydroxyl groups is 1. The van der Waals surface area contributed by atoms with Crippen LogP contribution in [0.1, 0.15) is 30.6 Å². The van der Waals surface area contributed by atoms with Gasteiger partial charge < -0.3 is 15.2 Å². The summed E-state index contributed by atoms with van der Waals surface area (Å²) in [7, 11) is 0. The number of hydrogen-bond donors (Lipinski definition) is 2. The lowest BCUT2D eigenvalue weighted by Gasteiger charge is -2.17. The van der Waals surface area contributed by atoms with Crippen LogP contribution in [-0.4, -0.2) is 41.7 Å². The van der Waals surface area contributed by atoms with Gasteiger partial charge in [0.2, 0.25) is 5.88 Å². The number of aromatic nitrogens is 1. The number of rotatable bonds is 8. The fourth-order valence-corrected chi connectivity index (χ4v) is 1.55. The SMILES string of the molecule is CCC(C)C(O)CNC(=O)c1ccnc(OCC(F)F)c1. The third kappa shape index (κ3) is 6.03. The second-order valence-electron chi connectivity index (χ2n) is 4.75. The Morgan fingerprint density at radius 3 is 2.86 bits per heavy atom. The van der Waals surface area contributed by atoms with Crippen LogP contribution in [0.3, 0.4) is 0 Å². The van der Waals surface area contributed by atoms with Crippen molar-refractivity contribution in [3.8, 4) is 5.88 Å². The first-order valence-corrected chi connectivity index (χ1v) is 6.77. The van der Waals surface area contributed by atoms with E-state index in [1.807, 2.05) is 13.8 Å². The standard InChI is InChI=1S/C14H20F2N2O3/c1-3-9(2)11(19)7-18-14(20)10-4-5-17-13(6-10)21-8-12(15)16/h4-6,9,11-12,19H,3,7-8H2,1-2H3,(H,18,20). The van der Waals surface area contributed by atoms with Crippen LogP contribution in [0, 0.1) is 5.92 Å². The Morgan fingerprint density at radius 1 is 1.52 bits per heavy atom. The molecule has 0 aliphatic rings. The van der Waals surface area contributed by atoms with Crippen LogP contribution in [0.4, 0.5) is 8.78 Å². The Hall–Kier alpha value is -1.76. The summed E-state index contributed by atoms with van der Waals surface area (Å²) >= 11 is 0. The van der Waals surface area contributed by atoms with E-state index in [1.165, 1.54) is 18.3 Å². The van der Waals surface area contributed by atoms with Gasteiger partial charge in [-0.05, 0) is 12.0 Å². The highest BCUT2D eigenvalue weighted by atomic mass is 19.3. The number of carbonyl (C=O) groups excluding carboxylic acids is 1. The molecule has 0 spiro atoms. The molecule has 0 saturated carbocycles. The van der Waals surface area contributed by atoms with Crippen LogP contribution < -0.4 is 10.1 Å². The van der Waals surface area contributed by atoms with Crippen LogP contribution in [0.25, 0.3) is 0 Å². The van der Waals surface area contributed by atoms with Crippen LogP contribution >= 0.6 is 0 Å². The number of alkyl halides is 2. The average molecular weight is 302 g/mol. The Morgan fingerprint density at radius 2 is 2.24 bits per heavy atom. The summed E-state index contributed by atoms with van der Waals surface area (Å²) < 4.78 is 28.8. The number of aliphatic hydroxyl groups excluding tert-OH is 1. The second-order valence-corrected chi connectivity index (χ2v) is 4.75. The van der Waals surface area contributed by atoms with Crippen molar-refractivity contribution in [2.75, 3.05) is 13.2 Å². The number of pyridine rings is 1. The number of halogens is 2. The summed E-state index contributed by atoms with van der Waals surface area (Å²) in [6.07, 6.45) is -1.12. The highest BCUT2D eigenvalue weighted by Gasteiger charge is 2.15. The Balaban J connectivity index is 2.56. The molecule has 0 bridgehead atoms. The van der Waals surface area contributed by atoms with Gasteiger partial charge in [0.25, 0.3) is 12.3 Å². The molecule has 0 saturated heterocycles. The predicted molar refractivity (Wildman–Crippen MR) is 73.5 cm³/mol. The second kappa shape index (κ2) is 8.51. The van der Waals surface area contributed by atoms with E-state index in [0.29, 0.717) is 0 Å². The number of amides is 1. The van der Waals surface area contributed by atoms with E-state index in [-0.39, 0.29) is 23.9 Å². The van der Waals surface area contributed by atoms with E-state index < -0.39 is 25.0 Å². The summed E-state index contributed by atoms with van der Waals surface area (Å²) in [6, 6.07) is 2.73. The summed E-state index contributed by atoms with van der Waals surface area (Å²) in [5, 5.41) is 12.4. The van der Waals surface area contributed by atoms with Gasteiger partial charge in [-0.3, -0.25) is 4.79 Å². The molecular weight excluding hydrogens is 282 g/mol. The highest BCUT2D eigenvalue weighted by Crippen LogP contribution is 2.11. The molecule has 0 aliphatic carbocycles.